The highest BCUT2D eigenvalue weighted by molar-refractivity contribution is 6.39. The average molecular weight is 547 g/mol. The first kappa shape index (κ1) is 24.7. The minimum atomic E-state index is -1.04. The monoisotopic (exact) mass is 546 g/mol. The summed E-state index contributed by atoms with van der Waals surface area (Å²) in [6, 6.07) is 2.64. The molecule has 1 aliphatic carbocycles. The number of aliphatic hydroxyl groups is 2. The quantitative estimate of drug-likeness (QED) is 0.222. The van der Waals surface area contributed by atoms with E-state index in [0.717, 1.165) is 0 Å². The first-order valence-electron chi connectivity index (χ1n) is 12.9. The van der Waals surface area contributed by atoms with Gasteiger partial charge in [0.15, 0.2) is 33.9 Å². The summed E-state index contributed by atoms with van der Waals surface area (Å²) in [5.41, 5.74) is 0.0905. The highest BCUT2D eigenvalue weighted by atomic mass is 16.7. The summed E-state index contributed by atoms with van der Waals surface area (Å²) >= 11 is 0. The first-order chi connectivity index (χ1) is 19.2. The normalized spacial score (nSPS) is 19.3. The number of phenols is 1. The van der Waals surface area contributed by atoms with Crippen molar-refractivity contribution in [2.45, 2.75) is 37.9 Å². The molecule has 4 atom stereocenters. The first-order valence-corrected chi connectivity index (χ1v) is 12.9. The molecule has 1 aliphatic heterocycles. The second kappa shape index (κ2) is 8.12. The second-order valence-electron chi connectivity index (χ2n) is 10.5. The van der Waals surface area contributed by atoms with Crippen molar-refractivity contribution in [2.24, 2.45) is 0 Å². The van der Waals surface area contributed by atoms with Gasteiger partial charge in [-0.1, -0.05) is 0 Å². The lowest BCUT2D eigenvalue weighted by Gasteiger charge is -2.39. The van der Waals surface area contributed by atoms with Gasteiger partial charge in [0.2, 0.25) is 6.79 Å². The Bertz CT molecular complexity index is 1980. The minimum Gasteiger partial charge on any atom is -0.504 e. The van der Waals surface area contributed by atoms with E-state index in [-0.39, 0.29) is 51.7 Å². The summed E-state index contributed by atoms with van der Waals surface area (Å²) in [7, 11) is 4.24. The van der Waals surface area contributed by atoms with Crippen LogP contribution in [0.25, 0.3) is 43.1 Å². The molecule has 3 N–H and O–H groups in total. The SMILES string of the molecule is COc1c(O)c2c(=O)cc(OC)c3c4c(OC)cc(=O)c5c6c(c7c(c(c1C(C(C)O)C7C(C)O)c23)c54)OCO6. The van der Waals surface area contributed by atoms with Gasteiger partial charge >= 0.3 is 0 Å². The maximum absolute atomic E-state index is 13.7. The van der Waals surface area contributed by atoms with Crippen LogP contribution in [0.3, 0.4) is 0 Å². The molecule has 0 fully saturated rings. The lowest BCUT2D eigenvalue weighted by molar-refractivity contribution is 0.0880. The number of aromatic hydroxyl groups is 1. The van der Waals surface area contributed by atoms with Crippen molar-refractivity contribution >= 4 is 43.1 Å². The zero-order valence-corrected chi connectivity index (χ0v) is 22.4. The molecule has 2 aliphatic rings. The Balaban J connectivity index is 1.99. The predicted octanol–water partition coefficient (Wildman–Crippen LogP) is 3.30. The van der Waals surface area contributed by atoms with Gasteiger partial charge < -0.3 is 39.0 Å². The smallest absolute Gasteiger partial charge is 0.231 e. The number of fused-ring (bicyclic) bond motifs is 4. The number of ether oxygens (including phenoxy) is 5. The van der Waals surface area contributed by atoms with Gasteiger partial charge in [0, 0.05) is 56.6 Å². The molecule has 5 aromatic carbocycles. The van der Waals surface area contributed by atoms with Crippen molar-refractivity contribution in [3.63, 3.8) is 0 Å². The third-order valence-corrected chi connectivity index (χ3v) is 8.57. The summed E-state index contributed by atoms with van der Waals surface area (Å²) in [6.45, 7) is 3.06. The van der Waals surface area contributed by atoms with Crippen LogP contribution in [0.2, 0.25) is 0 Å². The van der Waals surface area contributed by atoms with E-state index >= 15 is 0 Å². The van der Waals surface area contributed by atoms with Gasteiger partial charge in [-0.3, -0.25) is 9.59 Å². The molecular weight excluding hydrogens is 520 g/mol. The molecule has 0 amide bonds. The molecule has 206 valence electrons. The summed E-state index contributed by atoms with van der Waals surface area (Å²) in [6.07, 6.45) is -2.05. The van der Waals surface area contributed by atoms with E-state index in [2.05, 4.69) is 0 Å². The van der Waals surface area contributed by atoms with Crippen LogP contribution in [-0.4, -0.2) is 55.6 Å². The number of benzene rings is 5. The highest BCUT2D eigenvalue weighted by Gasteiger charge is 2.46. The van der Waals surface area contributed by atoms with Crippen molar-refractivity contribution in [1.82, 2.24) is 0 Å². The van der Waals surface area contributed by atoms with Gasteiger partial charge in [0.05, 0.1) is 44.3 Å². The average Bonchev–Trinajstić information content (AvgIpc) is 3.41. The van der Waals surface area contributed by atoms with Crippen molar-refractivity contribution in [3.8, 4) is 34.5 Å². The van der Waals surface area contributed by atoms with Crippen molar-refractivity contribution in [1.29, 1.82) is 0 Å². The minimum absolute atomic E-state index is 0.00177. The Hall–Kier alpha value is -4.28. The Morgan fingerprint density at radius 1 is 0.700 bits per heavy atom. The molecule has 4 unspecified atom stereocenters. The van der Waals surface area contributed by atoms with Crippen molar-refractivity contribution < 1.29 is 39.0 Å². The number of hydrogen-bond acceptors (Lipinski definition) is 10. The molecule has 10 heteroatoms. The van der Waals surface area contributed by atoms with Gasteiger partial charge in [-0.25, -0.2) is 0 Å². The molecule has 0 saturated carbocycles. The predicted molar refractivity (Wildman–Crippen MR) is 148 cm³/mol. The largest absolute Gasteiger partial charge is 0.504 e. The molecule has 0 aromatic heterocycles. The van der Waals surface area contributed by atoms with Crippen LogP contribution in [0, 0.1) is 0 Å². The third-order valence-electron chi connectivity index (χ3n) is 8.57. The number of hydrogen-bond donors (Lipinski definition) is 3. The van der Waals surface area contributed by atoms with Crippen LogP contribution in [0.1, 0.15) is 36.8 Å². The standard InChI is InChI=1S/C30H26O10/c1-9(31)15-16(10(2)32)26-24-22-18(29-30(26)40-8-39-29)12(34)7-14(37-4)20(22)19-13(36-3)6-11(33)17-21(19)23(24)25(15)28(38-5)27(17)35/h6-7,9-10,15-16,31-32,35H,8H2,1-5H3. The van der Waals surface area contributed by atoms with Gasteiger partial charge in [-0.05, 0) is 24.6 Å². The molecular formula is C30H26O10. The van der Waals surface area contributed by atoms with E-state index in [0.29, 0.717) is 49.2 Å². The molecule has 7 rings (SSSR count). The fourth-order valence-corrected chi connectivity index (χ4v) is 7.25. The fraction of sp³-hybridized carbons (Fsp3) is 0.333. The molecule has 0 saturated heterocycles. The second-order valence-corrected chi connectivity index (χ2v) is 10.5. The van der Waals surface area contributed by atoms with Gasteiger partial charge in [0.25, 0.3) is 0 Å². The van der Waals surface area contributed by atoms with Crippen LogP contribution < -0.4 is 34.5 Å². The van der Waals surface area contributed by atoms with Gasteiger partial charge in [-0.15, -0.1) is 0 Å². The zero-order chi connectivity index (χ0) is 28.4. The lowest BCUT2D eigenvalue weighted by atomic mass is 9.66. The van der Waals surface area contributed by atoms with Crippen LogP contribution in [0.5, 0.6) is 34.5 Å². The van der Waals surface area contributed by atoms with Crippen LogP contribution in [0.4, 0.5) is 0 Å². The maximum atomic E-state index is 13.7. The molecule has 0 bridgehead atoms. The summed E-state index contributed by atoms with van der Waals surface area (Å²) in [4.78, 5) is 27.2. The Morgan fingerprint density at radius 3 is 1.75 bits per heavy atom. The number of aliphatic hydroxyl groups excluding tert-OH is 2. The highest BCUT2D eigenvalue weighted by Crippen LogP contribution is 2.63. The zero-order valence-electron chi connectivity index (χ0n) is 22.4. The fourth-order valence-electron chi connectivity index (χ4n) is 7.25. The van der Waals surface area contributed by atoms with Crippen LogP contribution in [0.15, 0.2) is 21.7 Å². The lowest BCUT2D eigenvalue weighted by Crippen LogP contribution is -2.32. The molecule has 1 heterocycles. The van der Waals surface area contributed by atoms with E-state index in [1.54, 1.807) is 13.8 Å². The molecule has 10 nitrogen and oxygen atoms in total. The topological polar surface area (TPSA) is 141 Å². The summed E-state index contributed by atoms with van der Waals surface area (Å²) in [5, 5.41) is 37.1. The molecule has 0 radical (unpaired) electrons. The Labute approximate surface area is 226 Å². The van der Waals surface area contributed by atoms with E-state index in [1.165, 1.54) is 33.5 Å². The third kappa shape index (κ3) is 2.70. The summed E-state index contributed by atoms with van der Waals surface area (Å²) < 4.78 is 29.0. The van der Waals surface area contributed by atoms with Crippen molar-refractivity contribution in [3.05, 3.63) is 43.7 Å². The Morgan fingerprint density at radius 2 is 1.20 bits per heavy atom. The van der Waals surface area contributed by atoms with Gasteiger partial charge in [0.1, 0.15) is 11.5 Å². The van der Waals surface area contributed by atoms with Crippen LogP contribution in [-0.2, 0) is 0 Å². The van der Waals surface area contributed by atoms with Gasteiger partial charge in [-0.2, -0.15) is 0 Å². The molecule has 5 aromatic rings. The maximum Gasteiger partial charge on any atom is 0.231 e. The van der Waals surface area contributed by atoms with E-state index < -0.39 is 29.5 Å². The Kier molecular flexibility index (Phi) is 5.02. The van der Waals surface area contributed by atoms with Crippen molar-refractivity contribution in [2.75, 3.05) is 28.1 Å². The van der Waals surface area contributed by atoms with E-state index in [1.807, 2.05) is 0 Å². The summed E-state index contributed by atoms with van der Waals surface area (Å²) in [5.74, 6) is -0.935. The van der Waals surface area contributed by atoms with E-state index in [9.17, 15) is 24.9 Å². The molecule has 40 heavy (non-hydrogen) atoms. The number of methoxy groups -OCH3 is 3. The molecule has 0 spiro atoms. The van der Waals surface area contributed by atoms with Crippen LogP contribution >= 0.6 is 0 Å². The number of rotatable bonds is 5. The number of phenolic OH excluding ortho intramolecular Hbond substituents is 1. The van der Waals surface area contributed by atoms with E-state index in [4.69, 9.17) is 23.7 Å².